The number of nitrogens with zero attached hydrogens (tertiary/aromatic N) is 2. The Morgan fingerprint density at radius 2 is 2.43 bits per heavy atom. The summed E-state index contributed by atoms with van der Waals surface area (Å²) in [6.07, 6.45) is 5.75. The molecule has 0 aliphatic heterocycles. The van der Waals surface area contributed by atoms with E-state index in [1.54, 1.807) is 13.2 Å². The molecule has 0 atom stereocenters. The van der Waals surface area contributed by atoms with Crippen LogP contribution in [0.25, 0.3) is 0 Å². The van der Waals surface area contributed by atoms with Crippen molar-refractivity contribution in [3.05, 3.63) is 11.8 Å². The molecule has 0 amide bonds. The van der Waals surface area contributed by atoms with Crippen LogP contribution in [0.2, 0.25) is 0 Å². The van der Waals surface area contributed by atoms with Gasteiger partial charge < -0.3 is 5.73 Å². The lowest BCUT2D eigenvalue weighted by molar-refractivity contribution is 0.0979. The van der Waals surface area contributed by atoms with E-state index >= 15 is 0 Å². The van der Waals surface area contributed by atoms with Crippen molar-refractivity contribution in [3.8, 4) is 0 Å². The van der Waals surface area contributed by atoms with Gasteiger partial charge in [-0.25, -0.2) is 0 Å². The molecule has 2 N–H and O–H groups in total. The highest BCUT2D eigenvalue weighted by Crippen LogP contribution is 2.34. The fourth-order valence-electron chi connectivity index (χ4n) is 1.54. The highest BCUT2D eigenvalue weighted by molar-refractivity contribution is 5.99. The Morgan fingerprint density at radius 3 is 2.93 bits per heavy atom. The van der Waals surface area contributed by atoms with E-state index < -0.39 is 0 Å². The van der Waals surface area contributed by atoms with Crippen molar-refractivity contribution in [2.24, 2.45) is 13.0 Å². The largest absolute Gasteiger partial charge is 0.383 e. The van der Waals surface area contributed by atoms with Gasteiger partial charge >= 0.3 is 0 Å². The number of ketones is 1. The van der Waals surface area contributed by atoms with E-state index in [2.05, 4.69) is 5.10 Å². The maximum Gasteiger partial charge on any atom is 0.168 e. The number of Topliss-reactive ketones (excluding diaryl/α,β-unsaturated/α-hetero) is 1. The predicted octanol–water partition coefficient (Wildman–Crippen LogP) is 1.38. The van der Waals surface area contributed by atoms with E-state index in [-0.39, 0.29) is 5.78 Å². The maximum atomic E-state index is 11.7. The first-order valence-electron chi connectivity index (χ1n) is 4.99. The quantitative estimate of drug-likeness (QED) is 0.735. The fourth-order valence-corrected chi connectivity index (χ4v) is 1.54. The minimum atomic E-state index is 0.127. The van der Waals surface area contributed by atoms with E-state index in [1.807, 2.05) is 0 Å². The van der Waals surface area contributed by atoms with Gasteiger partial charge in [-0.1, -0.05) is 12.8 Å². The Balaban J connectivity index is 1.98. The van der Waals surface area contributed by atoms with Crippen LogP contribution in [0.4, 0.5) is 5.82 Å². The summed E-state index contributed by atoms with van der Waals surface area (Å²) < 4.78 is 1.53. The first-order valence-corrected chi connectivity index (χ1v) is 4.99. The average Bonchev–Trinajstić information content (AvgIpc) is 2.92. The molecule has 1 heterocycles. The Labute approximate surface area is 83.1 Å². The Hall–Kier alpha value is -1.32. The number of carbonyl (C=O) groups is 1. The lowest BCUT2D eigenvalue weighted by atomic mass is 10.1. The van der Waals surface area contributed by atoms with E-state index in [0.717, 1.165) is 12.3 Å². The highest BCUT2D eigenvalue weighted by Gasteiger charge is 2.23. The molecule has 1 aromatic heterocycles. The first-order chi connectivity index (χ1) is 6.68. The number of aryl methyl sites for hydroxylation is 1. The monoisotopic (exact) mass is 193 g/mol. The van der Waals surface area contributed by atoms with Crippen molar-refractivity contribution in [3.63, 3.8) is 0 Å². The standard InChI is InChI=1S/C10H15N3O/c1-13-10(11)8(6-12-13)9(14)5-4-7-2-3-7/h6-7H,2-5,11H2,1H3. The van der Waals surface area contributed by atoms with Crippen LogP contribution in [0.5, 0.6) is 0 Å². The summed E-state index contributed by atoms with van der Waals surface area (Å²) in [5.41, 5.74) is 6.28. The van der Waals surface area contributed by atoms with Gasteiger partial charge in [-0.05, 0) is 12.3 Å². The van der Waals surface area contributed by atoms with Gasteiger partial charge in [0.15, 0.2) is 5.78 Å². The third-order valence-corrected chi connectivity index (χ3v) is 2.76. The number of nitrogen functional groups attached to an aromatic ring is 1. The second kappa shape index (κ2) is 3.44. The Bertz CT molecular complexity index is 352. The Kier molecular flexibility index (Phi) is 2.27. The molecular formula is C10H15N3O. The zero-order valence-corrected chi connectivity index (χ0v) is 8.36. The van der Waals surface area contributed by atoms with Gasteiger partial charge in [0.25, 0.3) is 0 Å². The smallest absolute Gasteiger partial charge is 0.168 e. The minimum absolute atomic E-state index is 0.127. The van der Waals surface area contributed by atoms with Gasteiger partial charge in [0.05, 0.1) is 11.8 Å². The summed E-state index contributed by atoms with van der Waals surface area (Å²) >= 11 is 0. The van der Waals surface area contributed by atoms with Crippen molar-refractivity contribution in [2.45, 2.75) is 25.7 Å². The molecule has 4 nitrogen and oxygen atoms in total. The fraction of sp³-hybridized carbons (Fsp3) is 0.600. The predicted molar refractivity (Wildman–Crippen MR) is 53.9 cm³/mol. The molecule has 1 aliphatic rings. The zero-order valence-electron chi connectivity index (χ0n) is 8.36. The third-order valence-electron chi connectivity index (χ3n) is 2.76. The molecule has 0 saturated heterocycles. The second-order valence-corrected chi connectivity index (χ2v) is 3.97. The summed E-state index contributed by atoms with van der Waals surface area (Å²) in [6, 6.07) is 0. The van der Waals surface area contributed by atoms with Crippen LogP contribution in [-0.4, -0.2) is 15.6 Å². The van der Waals surface area contributed by atoms with Crippen LogP contribution >= 0.6 is 0 Å². The summed E-state index contributed by atoms with van der Waals surface area (Å²) in [4.78, 5) is 11.7. The lowest BCUT2D eigenvalue weighted by Gasteiger charge is -1.99. The number of aromatic nitrogens is 2. The van der Waals surface area contributed by atoms with Crippen LogP contribution < -0.4 is 5.73 Å². The van der Waals surface area contributed by atoms with E-state index in [9.17, 15) is 4.79 Å². The molecule has 0 aromatic carbocycles. The summed E-state index contributed by atoms with van der Waals surface area (Å²) in [5.74, 6) is 1.39. The number of hydrogen-bond acceptors (Lipinski definition) is 3. The van der Waals surface area contributed by atoms with Gasteiger partial charge in [0.2, 0.25) is 0 Å². The van der Waals surface area contributed by atoms with Crippen molar-refractivity contribution >= 4 is 11.6 Å². The summed E-state index contributed by atoms with van der Waals surface area (Å²) in [7, 11) is 1.74. The molecule has 1 fully saturated rings. The van der Waals surface area contributed by atoms with E-state index in [0.29, 0.717) is 17.8 Å². The molecule has 4 heteroatoms. The van der Waals surface area contributed by atoms with Crippen LogP contribution in [0.1, 0.15) is 36.0 Å². The second-order valence-electron chi connectivity index (χ2n) is 3.97. The van der Waals surface area contributed by atoms with Gasteiger partial charge in [-0.3, -0.25) is 9.48 Å². The first kappa shape index (κ1) is 9.24. The average molecular weight is 193 g/mol. The van der Waals surface area contributed by atoms with E-state index in [4.69, 9.17) is 5.73 Å². The molecule has 0 radical (unpaired) electrons. The maximum absolute atomic E-state index is 11.7. The van der Waals surface area contributed by atoms with Crippen LogP contribution in [0.15, 0.2) is 6.20 Å². The van der Waals surface area contributed by atoms with Gasteiger partial charge in [-0.15, -0.1) is 0 Å². The molecular weight excluding hydrogens is 178 g/mol. The molecule has 76 valence electrons. The third kappa shape index (κ3) is 1.78. The number of hydrogen-bond donors (Lipinski definition) is 1. The van der Waals surface area contributed by atoms with Crippen molar-refractivity contribution < 1.29 is 4.79 Å². The Morgan fingerprint density at radius 1 is 1.71 bits per heavy atom. The molecule has 1 aliphatic carbocycles. The lowest BCUT2D eigenvalue weighted by Crippen LogP contribution is -2.04. The topological polar surface area (TPSA) is 60.9 Å². The number of nitrogens with two attached hydrogens (primary N) is 1. The normalized spacial score (nSPS) is 15.8. The molecule has 1 saturated carbocycles. The molecule has 14 heavy (non-hydrogen) atoms. The van der Waals surface area contributed by atoms with Crippen LogP contribution in [-0.2, 0) is 7.05 Å². The molecule has 0 bridgehead atoms. The molecule has 1 aromatic rings. The minimum Gasteiger partial charge on any atom is -0.383 e. The molecule has 2 rings (SSSR count). The van der Waals surface area contributed by atoms with Crippen molar-refractivity contribution in [2.75, 3.05) is 5.73 Å². The SMILES string of the molecule is Cn1ncc(C(=O)CCC2CC2)c1N. The molecule has 0 unspecified atom stereocenters. The van der Waals surface area contributed by atoms with Crippen LogP contribution in [0.3, 0.4) is 0 Å². The number of anilines is 1. The summed E-state index contributed by atoms with van der Waals surface area (Å²) in [5, 5.41) is 3.95. The zero-order chi connectivity index (χ0) is 10.1. The van der Waals surface area contributed by atoms with Gasteiger partial charge in [0, 0.05) is 13.5 Å². The number of rotatable bonds is 4. The van der Waals surface area contributed by atoms with Crippen molar-refractivity contribution in [1.29, 1.82) is 0 Å². The van der Waals surface area contributed by atoms with Gasteiger partial charge in [0.1, 0.15) is 5.82 Å². The summed E-state index contributed by atoms with van der Waals surface area (Å²) in [6.45, 7) is 0. The van der Waals surface area contributed by atoms with Crippen molar-refractivity contribution in [1.82, 2.24) is 9.78 Å². The van der Waals surface area contributed by atoms with Gasteiger partial charge in [-0.2, -0.15) is 5.10 Å². The number of carbonyl (C=O) groups excluding carboxylic acids is 1. The van der Waals surface area contributed by atoms with Crippen LogP contribution in [0, 0.1) is 5.92 Å². The highest BCUT2D eigenvalue weighted by atomic mass is 16.1. The van der Waals surface area contributed by atoms with E-state index in [1.165, 1.54) is 17.5 Å². The molecule has 0 spiro atoms.